The molecule has 0 N–H and O–H groups in total. The Morgan fingerprint density at radius 2 is 1.75 bits per heavy atom. The molecule has 0 heteroatoms. The van der Waals surface area contributed by atoms with Gasteiger partial charge in [0.15, 0.2) is 0 Å². The van der Waals surface area contributed by atoms with Crippen molar-refractivity contribution in [1.82, 2.24) is 0 Å². The zero-order valence-electron chi connectivity index (χ0n) is 10.4. The molecule has 0 heterocycles. The van der Waals surface area contributed by atoms with Crippen LogP contribution < -0.4 is 0 Å². The number of rotatable bonds is 6. The van der Waals surface area contributed by atoms with Crippen molar-refractivity contribution in [3.63, 3.8) is 0 Å². The van der Waals surface area contributed by atoms with E-state index in [-0.39, 0.29) is 0 Å². The molecule has 0 aromatic heterocycles. The van der Waals surface area contributed by atoms with Gasteiger partial charge in [0, 0.05) is 0 Å². The van der Waals surface area contributed by atoms with Gasteiger partial charge in [0.25, 0.3) is 0 Å². The van der Waals surface area contributed by atoms with Gasteiger partial charge < -0.3 is 0 Å². The van der Waals surface area contributed by atoms with Crippen molar-refractivity contribution in [1.29, 1.82) is 0 Å². The van der Waals surface area contributed by atoms with Gasteiger partial charge in [-0.2, -0.15) is 0 Å². The third-order valence-corrected chi connectivity index (χ3v) is 2.65. The smallest absolute Gasteiger partial charge is 0.0279 e. The zero-order chi connectivity index (χ0) is 11.6. The van der Waals surface area contributed by atoms with Crippen LogP contribution in [-0.2, 0) is 6.42 Å². The van der Waals surface area contributed by atoms with Crippen LogP contribution >= 0.6 is 0 Å². The molecule has 1 rings (SSSR count). The molecule has 0 unspecified atom stereocenters. The number of benzene rings is 1. The highest BCUT2D eigenvalue weighted by Crippen LogP contribution is 2.08. The molecule has 1 aromatic carbocycles. The van der Waals surface area contributed by atoms with Crippen molar-refractivity contribution >= 4 is 0 Å². The van der Waals surface area contributed by atoms with E-state index in [2.05, 4.69) is 55.5 Å². The van der Waals surface area contributed by atoms with Gasteiger partial charge in [0.2, 0.25) is 0 Å². The van der Waals surface area contributed by atoms with E-state index >= 15 is 0 Å². The second kappa shape index (κ2) is 7.92. The van der Waals surface area contributed by atoms with E-state index in [1.807, 2.05) is 6.92 Å². The highest BCUT2D eigenvalue weighted by molar-refractivity contribution is 5.21. The van der Waals surface area contributed by atoms with Crippen molar-refractivity contribution in [2.75, 3.05) is 0 Å². The van der Waals surface area contributed by atoms with E-state index in [0.29, 0.717) is 0 Å². The largest absolute Gasteiger partial charge is 0.0877 e. The summed E-state index contributed by atoms with van der Waals surface area (Å²) in [5.74, 6) is 0. The first-order valence-electron chi connectivity index (χ1n) is 6.16. The van der Waals surface area contributed by atoms with Crippen LogP contribution in [0.3, 0.4) is 0 Å². The Morgan fingerprint density at radius 1 is 1.00 bits per heavy atom. The van der Waals surface area contributed by atoms with E-state index in [1.165, 1.54) is 36.8 Å². The van der Waals surface area contributed by atoms with Crippen LogP contribution in [0.5, 0.6) is 0 Å². The molecule has 0 aliphatic rings. The Morgan fingerprint density at radius 3 is 2.44 bits per heavy atom. The topological polar surface area (TPSA) is 0 Å². The first-order chi connectivity index (χ1) is 7.83. The summed E-state index contributed by atoms with van der Waals surface area (Å²) in [5.41, 5.74) is 2.81. The summed E-state index contributed by atoms with van der Waals surface area (Å²) in [7, 11) is 0. The van der Waals surface area contributed by atoms with E-state index in [1.54, 1.807) is 0 Å². The Bertz CT molecular complexity index is 328. The molecule has 0 nitrogen and oxygen atoms in total. The Labute approximate surface area is 99.7 Å². The number of unbranched alkanes of at least 4 members (excludes halogenated alkanes) is 2. The first-order valence-corrected chi connectivity index (χ1v) is 6.16. The average molecular weight is 214 g/mol. The van der Waals surface area contributed by atoms with Crippen LogP contribution in [0.4, 0.5) is 0 Å². The standard InChI is InChI=1S/C16H22/c1-3-4-5-6-7-8-9-10-16-13-11-15(2)12-14-16/h3-6,11-14H,7-10H2,1-2H3. The van der Waals surface area contributed by atoms with Gasteiger partial charge in [-0.25, -0.2) is 0 Å². The van der Waals surface area contributed by atoms with E-state index in [4.69, 9.17) is 0 Å². The minimum Gasteiger partial charge on any atom is -0.0877 e. The lowest BCUT2D eigenvalue weighted by Crippen LogP contribution is -1.85. The molecule has 0 aliphatic heterocycles. The summed E-state index contributed by atoms with van der Waals surface area (Å²) in [4.78, 5) is 0. The summed E-state index contributed by atoms with van der Waals surface area (Å²) >= 11 is 0. The fourth-order valence-corrected chi connectivity index (χ4v) is 1.63. The summed E-state index contributed by atoms with van der Waals surface area (Å²) in [6.45, 7) is 4.18. The summed E-state index contributed by atoms with van der Waals surface area (Å²) in [5, 5.41) is 0. The monoisotopic (exact) mass is 214 g/mol. The van der Waals surface area contributed by atoms with Gasteiger partial charge >= 0.3 is 0 Å². The highest BCUT2D eigenvalue weighted by Gasteiger charge is 1.92. The van der Waals surface area contributed by atoms with Crippen LogP contribution in [0, 0.1) is 6.92 Å². The second-order valence-electron chi connectivity index (χ2n) is 4.19. The third-order valence-electron chi connectivity index (χ3n) is 2.65. The summed E-state index contributed by atoms with van der Waals surface area (Å²) in [6, 6.07) is 8.87. The van der Waals surface area contributed by atoms with E-state index in [9.17, 15) is 0 Å². The molecule has 0 spiro atoms. The molecule has 1 aromatic rings. The maximum atomic E-state index is 2.25. The maximum absolute atomic E-state index is 2.25. The third kappa shape index (κ3) is 5.55. The lowest BCUT2D eigenvalue weighted by Gasteiger charge is -2.00. The second-order valence-corrected chi connectivity index (χ2v) is 4.19. The predicted octanol–water partition coefficient (Wildman–Crippen LogP) is 4.84. The van der Waals surface area contributed by atoms with Crippen LogP contribution in [-0.4, -0.2) is 0 Å². The van der Waals surface area contributed by atoms with Crippen LogP contribution in [0.2, 0.25) is 0 Å². The first kappa shape index (κ1) is 12.8. The molecule has 0 saturated heterocycles. The van der Waals surface area contributed by atoms with Crippen molar-refractivity contribution in [2.24, 2.45) is 0 Å². The zero-order valence-corrected chi connectivity index (χ0v) is 10.4. The average Bonchev–Trinajstić information content (AvgIpc) is 2.30. The number of aryl methyl sites for hydroxylation is 2. The summed E-state index contributed by atoms with van der Waals surface area (Å²) in [6.07, 6.45) is 13.5. The van der Waals surface area contributed by atoms with Crippen LogP contribution in [0.1, 0.15) is 37.3 Å². The van der Waals surface area contributed by atoms with Gasteiger partial charge in [-0.05, 0) is 45.1 Å². The van der Waals surface area contributed by atoms with Gasteiger partial charge in [-0.1, -0.05) is 54.1 Å². The van der Waals surface area contributed by atoms with Crippen molar-refractivity contribution in [2.45, 2.75) is 39.5 Å². The fourth-order valence-electron chi connectivity index (χ4n) is 1.63. The van der Waals surface area contributed by atoms with E-state index in [0.717, 1.165) is 0 Å². The maximum Gasteiger partial charge on any atom is -0.0279 e. The van der Waals surface area contributed by atoms with Gasteiger partial charge in [0.05, 0.1) is 0 Å². The molecule has 0 aliphatic carbocycles. The number of hydrogen-bond acceptors (Lipinski definition) is 0. The van der Waals surface area contributed by atoms with Crippen LogP contribution in [0.15, 0.2) is 48.6 Å². The SMILES string of the molecule is CC=CC=CCCCCc1ccc(C)cc1. The Hall–Kier alpha value is -1.30. The molecule has 0 saturated carbocycles. The molecule has 0 amide bonds. The predicted molar refractivity (Wildman–Crippen MR) is 72.7 cm³/mol. The molecule has 86 valence electrons. The Kier molecular flexibility index (Phi) is 6.32. The summed E-state index contributed by atoms with van der Waals surface area (Å²) < 4.78 is 0. The number of allylic oxidation sites excluding steroid dienone is 4. The fraction of sp³-hybridized carbons (Fsp3) is 0.375. The quantitative estimate of drug-likeness (QED) is 0.469. The molecule has 0 bridgehead atoms. The van der Waals surface area contributed by atoms with Gasteiger partial charge in [0.1, 0.15) is 0 Å². The number of hydrogen-bond donors (Lipinski definition) is 0. The highest BCUT2D eigenvalue weighted by atomic mass is 14.0. The molecule has 0 radical (unpaired) electrons. The lowest BCUT2D eigenvalue weighted by atomic mass is 10.1. The van der Waals surface area contributed by atoms with E-state index < -0.39 is 0 Å². The van der Waals surface area contributed by atoms with Crippen LogP contribution in [0.25, 0.3) is 0 Å². The minimum atomic E-state index is 1.19. The van der Waals surface area contributed by atoms with Gasteiger partial charge in [-0.15, -0.1) is 0 Å². The molecule has 16 heavy (non-hydrogen) atoms. The lowest BCUT2D eigenvalue weighted by molar-refractivity contribution is 0.747. The van der Waals surface area contributed by atoms with Gasteiger partial charge in [-0.3, -0.25) is 0 Å². The van der Waals surface area contributed by atoms with Crippen molar-refractivity contribution in [3.05, 3.63) is 59.7 Å². The molecular formula is C16H22. The molecule has 0 atom stereocenters. The minimum absolute atomic E-state index is 1.19. The molecule has 0 fully saturated rings. The normalized spacial score (nSPS) is 11.6. The Balaban J connectivity index is 2.14. The van der Waals surface area contributed by atoms with Crippen molar-refractivity contribution < 1.29 is 0 Å². The molecular weight excluding hydrogens is 192 g/mol. The van der Waals surface area contributed by atoms with Crippen molar-refractivity contribution in [3.8, 4) is 0 Å².